The van der Waals surface area contributed by atoms with E-state index in [0.717, 1.165) is 0 Å². The number of rotatable bonds is 8. The van der Waals surface area contributed by atoms with Gasteiger partial charge in [-0.3, -0.25) is 14.4 Å². The molecule has 0 unspecified atom stereocenters. The molecule has 0 saturated carbocycles. The van der Waals surface area contributed by atoms with Crippen LogP contribution in [0.4, 0.5) is 0 Å². The predicted octanol–water partition coefficient (Wildman–Crippen LogP) is 3.15. The zero-order valence-electron chi connectivity index (χ0n) is 17.6. The van der Waals surface area contributed by atoms with Gasteiger partial charge in [0.15, 0.2) is 0 Å². The quantitative estimate of drug-likeness (QED) is 0.631. The van der Waals surface area contributed by atoms with Crippen molar-refractivity contribution in [2.45, 2.75) is 84.7 Å². The van der Waals surface area contributed by atoms with Crippen molar-refractivity contribution in [3.8, 4) is 0 Å². The fourth-order valence-corrected chi connectivity index (χ4v) is 13.5. The lowest BCUT2D eigenvalue weighted by atomic mass is 10.1. The molecule has 146 valence electrons. The van der Waals surface area contributed by atoms with Gasteiger partial charge in [-0.15, -0.1) is 0 Å². The molecule has 0 heterocycles. The molecule has 0 rings (SSSR count). The lowest BCUT2D eigenvalue weighted by Gasteiger charge is -2.44. The van der Waals surface area contributed by atoms with Crippen LogP contribution in [0.15, 0.2) is 0 Å². The van der Waals surface area contributed by atoms with Gasteiger partial charge in [0.1, 0.15) is 22.5 Å². The van der Waals surface area contributed by atoms with Crippen molar-refractivity contribution in [3.63, 3.8) is 0 Å². The first kappa shape index (κ1) is 24.1. The first-order chi connectivity index (χ1) is 10.9. The molecule has 0 fully saturated rings. The van der Waals surface area contributed by atoms with Gasteiger partial charge in [0.2, 0.25) is 20.1 Å². The van der Waals surface area contributed by atoms with Crippen molar-refractivity contribution in [1.29, 1.82) is 0 Å². The standard InChI is InChI=1S/C16H36N2O4Si3/c1-13(19)17-14(16(21)22-25(8,9)10)11-12-15(20)18(23(2,3)4)24(5,6)7/h14H,11-12H2,1-10H3,(H,17,19)/t14-/m0/s1. The molecule has 25 heavy (non-hydrogen) atoms. The number of amides is 2. The number of hydrogen-bond acceptors (Lipinski definition) is 4. The van der Waals surface area contributed by atoms with E-state index in [4.69, 9.17) is 4.43 Å². The third-order valence-corrected chi connectivity index (χ3v) is 11.3. The summed E-state index contributed by atoms with van der Waals surface area (Å²) in [6.45, 7) is 20.1. The summed E-state index contributed by atoms with van der Waals surface area (Å²) in [5.41, 5.74) is 0. The smallest absolute Gasteiger partial charge is 0.315 e. The summed E-state index contributed by atoms with van der Waals surface area (Å²) in [5.74, 6) is -0.651. The normalized spacial score (nSPS) is 13.8. The monoisotopic (exact) mass is 404 g/mol. The van der Waals surface area contributed by atoms with Crippen LogP contribution < -0.4 is 5.32 Å². The van der Waals surface area contributed by atoms with Gasteiger partial charge in [-0.2, -0.15) is 0 Å². The van der Waals surface area contributed by atoms with Crippen LogP contribution in [0.2, 0.25) is 58.9 Å². The summed E-state index contributed by atoms with van der Waals surface area (Å²) in [4.78, 5) is 36.7. The number of nitrogens with zero attached hydrogens (tertiary/aromatic N) is 1. The van der Waals surface area contributed by atoms with Crippen LogP contribution in [0, 0.1) is 0 Å². The van der Waals surface area contributed by atoms with E-state index in [1.807, 2.05) is 19.6 Å². The first-order valence-corrected chi connectivity index (χ1v) is 19.1. The summed E-state index contributed by atoms with van der Waals surface area (Å²) in [6, 6.07) is -0.765. The highest BCUT2D eigenvalue weighted by Gasteiger charge is 2.38. The minimum Gasteiger partial charge on any atom is -0.518 e. The first-order valence-electron chi connectivity index (χ1n) is 8.78. The molecule has 0 aromatic rings. The summed E-state index contributed by atoms with van der Waals surface area (Å²) in [6.07, 6.45) is 0.507. The molecule has 2 amide bonds. The molecule has 0 spiro atoms. The van der Waals surface area contributed by atoms with Gasteiger partial charge in [0, 0.05) is 13.3 Å². The topological polar surface area (TPSA) is 75.7 Å². The molecule has 0 saturated heterocycles. The Labute approximate surface area is 156 Å². The number of nitrogens with one attached hydrogen (secondary N) is 1. The average Bonchev–Trinajstić information content (AvgIpc) is 2.27. The van der Waals surface area contributed by atoms with E-state index in [1.54, 1.807) is 0 Å². The van der Waals surface area contributed by atoms with E-state index in [9.17, 15) is 14.4 Å². The van der Waals surface area contributed by atoms with E-state index in [2.05, 4.69) is 48.8 Å². The van der Waals surface area contributed by atoms with E-state index in [1.165, 1.54) is 6.92 Å². The van der Waals surface area contributed by atoms with Crippen molar-refractivity contribution in [1.82, 2.24) is 9.55 Å². The Kier molecular flexibility index (Phi) is 8.31. The molecule has 1 N–H and O–H groups in total. The molecule has 0 bridgehead atoms. The maximum absolute atomic E-state index is 12.9. The molecule has 0 aliphatic carbocycles. The SMILES string of the molecule is CC(=O)N[C@@H](CCC(=O)N([Si](C)(C)C)[Si](C)(C)C)C(=O)O[Si](C)(C)C. The van der Waals surface area contributed by atoms with Crippen molar-refractivity contribution >= 4 is 42.6 Å². The van der Waals surface area contributed by atoms with Crippen LogP contribution >= 0.6 is 0 Å². The lowest BCUT2D eigenvalue weighted by molar-refractivity contribution is -0.140. The minimum absolute atomic E-state index is 0.0782. The zero-order chi connectivity index (χ0) is 20.2. The van der Waals surface area contributed by atoms with Gasteiger partial charge in [-0.1, -0.05) is 39.3 Å². The second-order valence-corrected chi connectivity index (χ2v) is 23.8. The Morgan fingerprint density at radius 3 is 1.68 bits per heavy atom. The number of hydrogen-bond donors (Lipinski definition) is 1. The third kappa shape index (κ3) is 9.36. The summed E-state index contributed by atoms with van der Waals surface area (Å²) in [7, 11) is -5.67. The third-order valence-electron chi connectivity index (χ3n) is 3.31. The van der Waals surface area contributed by atoms with Gasteiger partial charge in [-0.25, -0.2) is 0 Å². The molecular weight excluding hydrogens is 368 g/mol. The molecular formula is C16H36N2O4Si3. The highest BCUT2D eigenvalue weighted by molar-refractivity contribution is 6.92. The molecule has 0 aliphatic heterocycles. The van der Waals surface area contributed by atoms with E-state index < -0.39 is 36.8 Å². The average molecular weight is 405 g/mol. The van der Waals surface area contributed by atoms with E-state index >= 15 is 0 Å². The molecule has 0 radical (unpaired) electrons. The maximum atomic E-state index is 12.9. The van der Waals surface area contributed by atoms with Gasteiger partial charge < -0.3 is 14.0 Å². The maximum Gasteiger partial charge on any atom is 0.315 e. The van der Waals surface area contributed by atoms with Crippen molar-refractivity contribution in [3.05, 3.63) is 0 Å². The Bertz CT molecular complexity index is 491. The fraction of sp³-hybridized carbons (Fsp3) is 0.812. The van der Waals surface area contributed by atoms with Crippen LogP contribution in [-0.2, 0) is 18.8 Å². The summed E-state index contributed by atoms with van der Waals surface area (Å²) >= 11 is 0. The fourth-order valence-electron chi connectivity index (χ4n) is 3.00. The zero-order valence-corrected chi connectivity index (χ0v) is 20.6. The van der Waals surface area contributed by atoms with Crippen LogP contribution in [-0.4, -0.2) is 52.8 Å². The number of carbonyl (C=O) groups excluding carboxylic acids is 3. The van der Waals surface area contributed by atoms with Gasteiger partial charge in [-0.05, 0) is 26.1 Å². The summed E-state index contributed by atoms with van der Waals surface area (Å²) in [5, 5.41) is 2.63. The largest absolute Gasteiger partial charge is 0.518 e. The highest BCUT2D eigenvalue weighted by Crippen LogP contribution is 2.22. The van der Waals surface area contributed by atoms with Crippen molar-refractivity contribution in [2.75, 3.05) is 0 Å². The van der Waals surface area contributed by atoms with E-state index in [0.29, 0.717) is 0 Å². The molecule has 0 aromatic heterocycles. The van der Waals surface area contributed by atoms with Crippen LogP contribution in [0.1, 0.15) is 19.8 Å². The molecule has 0 aliphatic rings. The molecule has 6 nitrogen and oxygen atoms in total. The predicted molar refractivity (Wildman–Crippen MR) is 110 cm³/mol. The Hall–Kier alpha value is -0.939. The molecule has 1 atom stereocenters. The second-order valence-electron chi connectivity index (χ2n) is 9.40. The van der Waals surface area contributed by atoms with E-state index in [-0.39, 0.29) is 24.7 Å². The van der Waals surface area contributed by atoms with Crippen LogP contribution in [0.3, 0.4) is 0 Å². The summed E-state index contributed by atoms with van der Waals surface area (Å²) < 4.78 is 7.61. The van der Waals surface area contributed by atoms with Gasteiger partial charge >= 0.3 is 5.97 Å². The second kappa shape index (κ2) is 8.63. The lowest BCUT2D eigenvalue weighted by Crippen LogP contribution is -2.61. The van der Waals surface area contributed by atoms with Crippen molar-refractivity contribution < 1.29 is 18.8 Å². The van der Waals surface area contributed by atoms with Crippen LogP contribution in [0.5, 0.6) is 0 Å². The highest BCUT2D eigenvalue weighted by atomic mass is 28.4. The van der Waals surface area contributed by atoms with Crippen molar-refractivity contribution in [2.24, 2.45) is 0 Å². The van der Waals surface area contributed by atoms with Gasteiger partial charge in [0.25, 0.3) is 0 Å². The Balaban J connectivity index is 5.18. The number of carbonyl (C=O) groups is 3. The van der Waals surface area contributed by atoms with Crippen LogP contribution in [0.25, 0.3) is 0 Å². The van der Waals surface area contributed by atoms with Gasteiger partial charge in [0.05, 0.1) is 0 Å². The Morgan fingerprint density at radius 2 is 1.36 bits per heavy atom. The Morgan fingerprint density at radius 1 is 0.920 bits per heavy atom. The molecule has 0 aromatic carbocycles. The minimum atomic E-state index is -2.05. The molecule has 9 heteroatoms.